The van der Waals surface area contributed by atoms with E-state index in [4.69, 9.17) is 9.47 Å². The van der Waals surface area contributed by atoms with Gasteiger partial charge in [-0.25, -0.2) is 0 Å². The number of methoxy groups -OCH3 is 2. The summed E-state index contributed by atoms with van der Waals surface area (Å²) in [6, 6.07) is 7.40. The number of aliphatic hydroxyl groups is 1. The number of nitrogens with zero attached hydrogens (tertiary/aromatic N) is 1. The van der Waals surface area contributed by atoms with Gasteiger partial charge in [0.15, 0.2) is 11.5 Å². The Bertz CT molecular complexity index is 589. The second-order valence-electron chi connectivity index (χ2n) is 4.31. The zero-order chi connectivity index (χ0) is 14.5. The van der Waals surface area contributed by atoms with Crippen LogP contribution in [0.3, 0.4) is 0 Å². The van der Waals surface area contributed by atoms with E-state index in [0.29, 0.717) is 23.5 Å². The molecule has 0 saturated heterocycles. The molecule has 1 aromatic heterocycles. The van der Waals surface area contributed by atoms with Crippen molar-refractivity contribution in [1.82, 2.24) is 4.98 Å². The Balaban J connectivity index is 2.27. The molecule has 0 amide bonds. The number of hydrogen-bond acceptors (Lipinski definition) is 4. The van der Waals surface area contributed by atoms with Crippen molar-refractivity contribution in [1.29, 1.82) is 0 Å². The number of para-hydroxylation sites is 1. The number of rotatable bonds is 5. The summed E-state index contributed by atoms with van der Waals surface area (Å²) in [5, 5.41) is 10.4. The van der Waals surface area contributed by atoms with Crippen LogP contribution in [0.1, 0.15) is 17.2 Å². The molecular weight excluding hydrogens is 322 g/mol. The van der Waals surface area contributed by atoms with E-state index in [0.717, 1.165) is 10.0 Å². The van der Waals surface area contributed by atoms with Gasteiger partial charge in [0.25, 0.3) is 0 Å². The van der Waals surface area contributed by atoms with Gasteiger partial charge in [0.1, 0.15) is 0 Å². The number of ether oxygens (including phenoxy) is 2. The zero-order valence-corrected chi connectivity index (χ0v) is 12.9. The Morgan fingerprint density at radius 1 is 1.25 bits per heavy atom. The van der Waals surface area contributed by atoms with Crippen LogP contribution in [-0.4, -0.2) is 24.3 Å². The second-order valence-corrected chi connectivity index (χ2v) is 5.23. The van der Waals surface area contributed by atoms with E-state index in [1.165, 1.54) is 0 Å². The van der Waals surface area contributed by atoms with Gasteiger partial charge in [0, 0.05) is 28.9 Å². The van der Waals surface area contributed by atoms with Crippen LogP contribution < -0.4 is 9.47 Å². The molecule has 2 rings (SSSR count). The first-order valence-corrected chi connectivity index (χ1v) is 6.93. The third-order valence-corrected chi connectivity index (χ3v) is 3.42. The standard InChI is InChI=1S/C15H16BrNO3/c1-19-14-5-3-4-12(15(14)20-2)13(18)7-10-6-11(16)9-17-8-10/h3-6,8-9,13,18H,7H2,1-2H3. The molecule has 5 heteroatoms. The summed E-state index contributed by atoms with van der Waals surface area (Å²) in [6.07, 6.45) is 3.22. The first-order valence-electron chi connectivity index (χ1n) is 6.14. The summed E-state index contributed by atoms with van der Waals surface area (Å²) in [4.78, 5) is 4.09. The highest BCUT2D eigenvalue weighted by atomic mass is 79.9. The number of pyridine rings is 1. The highest BCUT2D eigenvalue weighted by molar-refractivity contribution is 9.10. The molecule has 1 unspecified atom stereocenters. The molecule has 0 fully saturated rings. The van der Waals surface area contributed by atoms with Gasteiger partial charge in [-0.3, -0.25) is 4.98 Å². The number of halogens is 1. The average molecular weight is 338 g/mol. The SMILES string of the molecule is COc1cccc(C(O)Cc2cncc(Br)c2)c1OC. The van der Waals surface area contributed by atoms with Crippen molar-refractivity contribution in [2.75, 3.05) is 14.2 Å². The predicted octanol–water partition coefficient (Wildman–Crippen LogP) is 3.14. The summed E-state index contributed by atoms with van der Waals surface area (Å²) in [7, 11) is 3.14. The van der Waals surface area contributed by atoms with Gasteiger partial charge in [-0.1, -0.05) is 12.1 Å². The number of aliphatic hydroxyl groups excluding tert-OH is 1. The topological polar surface area (TPSA) is 51.6 Å². The molecule has 1 heterocycles. The fourth-order valence-corrected chi connectivity index (χ4v) is 2.49. The molecule has 20 heavy (non-hydrogen) atoms. The highest BCUT2D eigenvalue weighted by Crippen LogP contribution is 2.35. The normalized spacial score (nSPS) is 12.0. The van der Waals surface area contributed by atoms with Crippen molar-refractivity contribution in [2.45, 2.75) is 12.5 Å². The summed E-state index contributed by atoms with van der Waals surface area (Å²) in [5.74, 6) is 1.17. The van der Waals surface area contributed by atoms with Crippen LogP contribution in [0.4, 0.5) is 0 Å². The molecule has 2 aromatic rings. The minimum absolute atomic E-state index is 0.454. The first kappa shape index (κ1) is 14.8. The number of benzene rings is 1. The number of aromatic nitrogens is 1. The Labute approximate surface area is 126 Å². The van der Waals surface area contributed by atoms with Gasteiger partial charge >= 0.3 is 0 Å². The largest absolute Gasteiger partial charge is 0.493 e. The van der Waals surface area contributed by atoms with E-state index >= 15 is 0 Å². The van der Waals surface area contributed by atoms with E-state index in [2.05, 4.69) is 20.9 Å². The van der Waals surface area contributed by atoms with Crippen LogP contribution in [0.25, 0.3) is 0 Å². The van der Waals surface area contributed by atoms with Gasteiger partial charge in [-0.15, -0.1) is 0 Å². The molecule has 1 N–H and O–H groups in total. The van der Waals surface area contributed by atoms with Gasteiger partial charge in [-0.05, 0) is 33.6 Å². The first-order chi connectivity index (χ1) is 9.65. The molecule has 4 nitrogen and oxygen atoms in total. The summed E-state index contributed by atoms with van der Waals surface area (Å²) in [6.45, 7) is 0. The Morgan fingerprint density at radius 3 is 2.70 bits per heavy atom. The Kier molecular flexibility index (Phi) is 4.98. The van der Waals surface area contributed by atoms with Crippen molar-refractivity contribution >= 4 is 15.9 Å². The van der Waals surface area contributed by atoms with Crippen LogP contribution in [0.2, 0.25) is 0 Å². The maximum Gasteiger partial charge on any atom is 0.166 e. The van der Waals surface area contributed by atoms with Crippen molar-refractivity contribution in [3.8, 4) is 11.5 Å². The van der Waals surface area contributed by atoms with Crippen molar-refractivity contribution < 1.29 is 14.6 Å². The van der Waals surface area contributed by atoms with E-state index in [1.807, 2.05) is 18.2 Å². The van der Waals surface area contributed by atoms with Crippen molar-refractivity contribution in [3.05, 3.63) is 52.3 Å². The molecule has 106 valence electrons. The second kappa shape index (κ2) is 6.72. The van der Waals surface area contributed by atoms with Crippen LogP contribution in [0.5, 0.6) is 11.5 Å². The lowest BCUT2D eigenvalue weighted by Gasteiger charge is -2.17. The molecule has 0 aliphatic carbocycles. The van der Waals surface area contributed by atoms with E-state index in [9.17, 15) is 5.11 Å². The minimum atomic E-state index is -0.684. The monoisotopic (exact) mass is 337 g/mol. The molecule has 0 saturated carbocycles. The summed E-state index contributed by atoms with van der Waals surface area (Å²) >= 11 is 3.37. The van der Waals surface area contributed by atoms with Crippen LogP contribution in [0.15, 0.2) is 41.1 Å². The highest BCUT2D eigenvalue weighted by Gasteiger charge is 2.17. The third-order valence-electron chi connectivity index (χ3n) is 2.98. The summed E-state index contributed by atoms with van der Waals surface area (Å²) in [5.41, 5.74) is 1.64. The van der Waals surface area contributed by atoms with Crippen LogP contribution in [0, 0.1) is 0 Å². The number of hydrogen-bond donors (Lipinski definition) is 1. The van der Waals surface area contributed by atoms with Gasteiger partial charge in [0.2, 0.25) is 0 Å². The van der Waals surface area contributed by atoms with Gasteiger partial charge in [-0.2, -0.15) is 0 Å². The Morgan fingerprint density at radius 2 is 2.05 bits per heavy atom. The van der Waals surface area contributed by atoms with E-state index < -0.39 is 6.10 Å². The van der Waals surface area contributed by atoms with E-state index in [1.54, 1.807) is 32.7 Å². The zero-order valence-electron chi connectivity index (χ0n) is 11.3. The average Bonchev–Trinajstić information content (AvgIpc) is 2.46. The maximum absolute atomic E-state index is 10.4. The molecule has 1 aromatic carbocycles. The molecule has 0 radical (unpaired) electrons. The lowest BCUT2D eigenvalue weighted by molar-refractivity contribution is 0.173. The van der Waals surface area contributed by atoms with Crippen molar-refractivity contribution in [2.24, 2.45) is 0 Å². The van der Waals surface area contributed by atoms with Crippen molar-refractivity contribution in [3.63, 3.8) is 0 Å². The predicted molar refractivity (Wildman–Crippen MR) is 80.1 cm³/mol. The fraction of sp³-hybridized carbons (Fsp3) is 0.267. The third kappa shape index (κ3) is 3.29. The van der Waals surface area contributed by atoms with E-state index in [-0.39, 0.29) is 0 Å². The van der Waals surface area contributed by atoms with Gasteiger partial charge < -0.3 is 14.6 Å². The van der Waals surface area contributed by atoms with Crippen LogP contribution >= 0.6 is 15.9 Å². The molecular formula is C15H16BrNO3. The molecule has 1 atom stereocenters. The minimum Gasteiger partial charge on any atom is -0.493 e. The molecule has 0 aliphatic rings. The Hall–Kier alpha value is -1.59. The fourth-order valence-electron chi connectivity index (χ4n) is 2.08. The lowest BCUT2D eigenvalue weighted by atomic mass is 10.0. The summed E-state index contributed by atoms with van der Waals surface area (Å²) < 4.78 is 11.5. The molecule has 0 aliphatic heterocycles. The smallest absolute Gasteiger partial charge is 0.166 e. The maximum atomic E-state index is 10.4. The lowest BCUT2D eigenvalue weighted by Crippen LogP contribution is -2.05. The molecule has 0 spiro atoms. The van der Waals surface area contributed by atoms with Crippen LogP contribution in [-0.2, 0) is 6.42 Å². The quantitative estimate of drug-likeness (QED) is 0.910. The van der Waals surface area contributed by atoms with Gasteiger partial charge in [0.05, 0.1) is 20.3 Å². The molecule has 0 bridgehead atoms.